The lowest BCUT2D eigenvalue weighted by molar-refractivity contribution is -0.153. The van der Waals surface area contributed by atoms with Gasteiger partial charge in [-0.3, -0.25) is 4.90 Å². The van der Waals surface area contributed by atoms with E-state index in [1.54, 1.807) is 12.1 Å². The standard InChI is InChI=1S/C20H29F3N4O2/c1-2-24-19(27-7-6-17(14-27)26-8-10-28-11-9-26)25-13-16-4-3-5-18(12-16)29-15-20(21,22)23/h3-5,12,17H,2,6-11,13-15H2,1H3,(H,24,25). The number of rotatable bonds is 6. The summed E-state index contributed by atoms with van der Waals surface area (Å²) in [5, 5.41) is 3.33. The van der Waals surface area contributed by atoms with E-state index >= 15 is 0 Å². The molecule has 0 radical (unpaired) electrons. The van der Waals surface area contributed by atoms with E-state index < -0.39 is 12.8 Å². The summed E-state index contributed by atoms with van der Waals surface area (Å²) in [5.74, 6) is 1.04. The quantitative estimate of drug-likeness (QED) is 0.573. The molecule has 1 unspecified atom stereocenters. The summed E-state index contributed by atoms with van der Waals surface area (Å²) in [5.41, 5.74) is 0.809. The number of ether oxygens (including phenoxy) is 2. The first-order valence-electron chi connectivity index (χ1n) is 10.1. The number of hydrogen-bond acceptors (Lipinski definition) is 4. The molecule has 1 aromatic carbocycles. The lowest BCUT2D eigenvalue weighted by atomic mass is 10.2. The molecule has 2 heterocycles. The van der Waals surface area contributed by atoms with Crippen molar-refractivity contribution in [2.75, 3.05) is 52.5 Å². The van der Waals surface area contributed by atoms with E-state index in [9.17, 15) is 13.2 Å². The molecule has 1 atom stereocenters. The van der Waals surface area contributed by atoms with Gasteiger partial charge in [0.25, 0.3) is 0 Å². The molecule has 0 saturated carbocycles. The van der Waals surface area contributed by atoms with Gasteiger partial charge < -0.3 is 19.7 Å². The van der Waals surface area contributed by atoms with Crippen LogP contribution in [0.15, 0.2) is 29.3 Å². The van der Waals surface area contributed by atoms with Crippen molar-refractivity contribution < 1.29 is 22.6 Å². The molecule has 162 valence electrons. The number of nitrogens with zero attached hydrogens (tertiary/aromatic N) is 3. The van der Waals surface area contributed by atoms with Gasteiger partial charge in [-0.1, -0.05) is 12.1 Å². The van der Waals surface area contributed by atoms with Crippen molar-refractivity contribution in [3.8, 4) is 5.75 Å². The smallest absolute Gasteiger partial charge is 0.422 e. The average molecular weight is 414 g/mol. The number of benzene rings is 1. The number of hydrogen-bond donors (Lipinski definition) is 1. The fourth-order valence-corrected chi connectivity index (χ4v) is 3.67. The zero-order valence-electron chi connectivity index (χ0n) is 16.7. The highest BCUT2D eigenvalue weighted by atomic mass is 19.4. The van der Waals surface area contributed by atoms with Gasteiger partial charge in [0.1, 0.15) is 5.75 Å². The molecule has 2 aliphatic rings. The van der Waals surface area contributed by atoms with Gasteiger partial charge in [0.15, 0.2) is 12.6 Å². The minimum atomic E-state index is -4.35. The minimum absolute atomic E-state index is 0.202. The Labute approximate surface area is 169 Å². The molecule has 0 bridgehead atoms. The molecule has 0 aliphatic carbocycles. The van der Waals surface area contributed by atoms with E-state index in [4.69, 9.17) is 14.5 Å². The second-order valence-corrected chi connectivity index (χ2v) is 7.26. The van der Waals surface area contributed by atoms with Crippen LogP contribution < -0.4 is 10.1 Å². The van der Waals surface area contributed by atoms with E-state index in [0.717, 1.165) is 63.9 Å². The minimum Gasteiger partial charge on any atom is -0.484 e. The van der Waals surface area contributed by atoms with E-state index in [0.29, 0.717) is 12.6 Å². The maximum absolute atomic E-state index is 12.3. The number of morpholine rings is 1. The molecule has 6 nitrogen and oxygen atoms in total. The van der Waals surface area contributed by atoms with Crippen LogP contribution in [0, 0.1) is 0 Å². The molecule has 29 heavy (non-hydrogen) atoms. The van der Waals surface area contributed by atoms with Gasteiger partial charge in [-0.05, 0) is 31.0 Å². The highest BCUT2D eigenvalue weighted by Crippen LogP contribution is 2.20. The number of nitrogens with one attached hydrogen (secondary N) is 1. The van der Waals surface area contributed by atoms with Crippen LogP contribution in [0.2, 0.25) is 0 Å². The van der Waals surface area contributed by atoms with Crippen molar-refractivity contribution in [2.45, 2.75) is 32.1 Å². The van der Waals surface area contributed by atoms with Gasteiger partial charge >= 0.3 is 6.18 Å². The SMILES string of the molecule is CCNC(=NCc1cccc(OCC(F)(F)F)c1)N1CCC(N2CCOCC2)C1. The third-order valence-corrected chi connectivity index (χ3v) is 5.07. The zero-order chi connectivity index (χ0) is 20.7. The molecule has 0 amide bonds. The normalized spacial score (nSPS) is 21.4. The van der Waals surface area contributed by atoms with Gasteiger partial charge in [-0.2, -0.15) is 13.2 Å². The number of guanidine groups is 1. The van der Waals surface area contributed by atoms with Gasteiger partial charge in [0, 0.05) is 38.8 Å². The summed E-state index contributed by atoms with van der Waals surface area (Å²) in [6.07, 6.45) is -3.26. The van der Waals surface area contributed by atoms with Crippen LogP contribution in [-0.4, -0.2) is 80.5 Å². The maximum Gasteiger partial charge on any atom is 0.422 e. The van der Waals surface area contributed by atoms with Crippen molar-refractivity contribution in [1.82, 2.24) is 15.1 Å². The Morgan fingerprint density at radius 1 is 1.28 bits per heavy atom. The second-order valence-electron chi connectivity index (χ2n) is 7.26. The van der Waals surface area contributed by atoms with Crippen LogP contribution in [0.4, 0.5) is 13.2 Å². The third kappa shape index (κ3) is 6.78. The molecular weight excluding hydrogens is 385 g/mol. The van der Waals surface area contributed by atoms with E-state index in [1.165, 1.54) is 6.07 Å². The number of halogens is 3. The van der Waals surface area contributed by atoms with Crippen LogP contribution in [0.1, 0.15) is 18.9 Å². The number of alkyl halides is 3. The lowest BCUT2D eigenvalue weighted by Gasteiger charge is -2.32. The van der Waals surface area contributed by atoms with Crippen LogP contribution in [0.25, 0.3) is 0 Å². The summed E-state index contributed by atoms with van der Waals surface area (Å²) < 4.78 is 47.3. The Kier molecular flexibility index (Phi) is 7.60. The molecule has 1 N–H and O–H groups in total. The number of aliphatic imine (C=N–C) groups is 1. The summed E-state index contributed by atoms with van der Waals surface area (Å²) in [4.78, 5) is 9.44. The fourth-order valence-electron chi connectivity index (χ4n) is 3.67. The lowest BCUT2D eigenvalue weighted by Crippen LogP contribution is -2.46. The Balaban J connectivity index is 1.59. The highest BCUT2D eigenvalue weighted by Gasteiger charge is 2.30. The molecule has 9 heteroatoms. The zero-order valence-corrected chi connectivity index (χ0v) is 16.7. The molecular formula is C20H29F3N4O2. The summed E-state index contributed by atoms with van der Waals surface area (Å²) in [6, 6.07) is 7.17. The van der Waals surface area contributed by atoms with E-state index in [2.05, 4.69) is 15.1 Å². The van der Waals surface area contributed by atoms with Crippen molar-refractivity contribution in [3.63, 3.8) is 0 Å². The Morgan fingerprint density at radius 3 is 2.79 bits per heavy atom. The summed E-state index contributed by atoms with van der Waals surface area (Å²) in [6.45, 7) is 7.23. The molecule has 2 fully saturated rings. The fraction of sp³-hybridized carbons (Fsp3) is 0.650. The number of likely N-dealkylation sites (tertiary alicyclic amines) is 1. The molecule has 0 aromatic heterocycles. The Bertz CT molecular complexity index is 678. The first-order valence-corrected chi connectivity index (χ1v) is 10.1. The van der Waals surface area contributed by atoms with E-state index in [1.807, 2.05) is 13.0 Å². The van der Waals surface area contributed by atoms with Crippen molar-refractivity contribution >= 4 is 5.96 Å². The van der Waals surface area contributed by atoms with Crippen LogP contribution >= 0.6 is 0 Å². The Hall–Kier alpha value is -2.00. The van der Waals surface area contributed by atoms with Crippen LogP contribution in [0.3, 0.4) is 0 Å². The average Bonchev–Trinajstić information content (AvgIpc) is 3.20. The van der Waals surface area contributed by atoms with Crippen molar-refractivity contribution in [2.24, 2.45) is 4.99 Å². The molecule has 2 saturated heterocycles. The van der Waals surface area contributed by atoms with Crippen molar-refractivity contribution in [1.29, 1.82) is 0 Å². The summed E-state index contributed by atoms with van der Waals surface area (Å²) in [7, 11) is 0. The summed E-state index contributed by atoms with van der Waals surface area (Å²) >= 11 is 0. The van der Waals surface area contributed by atoms with Gasteiger partial charge in [-0.15, -0.1) is 0 Å². The highest BCUT2D eigenvalue weighted by molar-refractivity contribution is 5.80. The molecule has 1 aromatic rings. The van der Waals surface area contributed by atoms with E-state index in [-0.39, 0.29) is 5.75 Å². The largest absolute Gasteiger partial charge is 0.484 e. The van der Waals surface area contributed by atoms with Gasteiger partial charge in [-0.25, -0.2) is 4.99 Å². The molecule has 3 rings (SSSR count). The second kappa shape index (κ2) is 10.2. The monoisotopic (exact) mass is 414 g/mol. The van der Waals surface area contributed by atoms with Crippen LogP contribution in [-0.2, 0) is 11.3 Å². The first-order chi connectivity index (χ1) is 13.9. The van der Waals surface area contributed by atoms with Crippen molar-refractivity contribution in [3.05, 3.63) is 29.8 Å². The van der Waals surface area contributed by atoms with Crippen LogP contribution in [0.5, 0.6) is 5.75 Å². The van der Waals surface area contributed by atoms with Gasteiger partial charge in [0.2, 0.25) is 0 Å². The molecule has 0 spiro atoms. The molecule has 2 aliphatic heterocycles. The predicted molar refractivity (Wildman–Crippen MR) is 105 cm³/mol. The topological polar surface area (TPSA) is 49.3 Å². The third-order valence-electron chi connectivity index (χ3n) is 5.07. The predicted octanol–water partition coefficient (Wildman–Crippen LogP) is 2.50. The van der Waals surface area contributed by atoms with Gasteiger partial charge in [0.05, 0.1) is 19.8 Å². The maximum atomic E-state index is 12.3. The first kappa shape index (κ1) is 21.7. The Morgan fingerprint density at radius 2 is 2.07 bits per heavy atom.